The van der Waals surface area contributed by atoms with Crippen molar-refractivity contribution < 1.29 is 27.5 Å². The number of likely N-dealkylation sites (N-methyl/N-ethyl adjacent to an activating group) is 1. The summed E-state index contributed by atoms with van der Waals surface area (Å²) < 4.78 is 31.4. The molecule has 0 spiro atoms. The van der Waals surface area contributed by atoms with Crippen molar-refractivity contribution in [3.63, 3.8) is 0 Å². The van der Waals surface area contributed by atoms with E-state index in [1.54, 1.807) is 18.7 Å². The lowest BCUT2D eigenvalue weighted by atomic mass is 9.97. The number of hydrogen-bond acceptors (Lipinski definition) is 6. The maximum Gasteiger partial charge on any atom is 0.309 e. The minimum Gasteiger partial charge on any atom is -0.466 e. The van der Waals surface area contributed by atoms with E-state index in [2.05, 4.69) is 4.72 Å². The van der Waals surface area contributed by atoms with Crippen LogP contribution < -0.4 is 4.72 Å². The summed E-state index contributed by atoms with van der Waals surface area (Å²) in [4.78, 5) is 39.9. The summed E-state index contributed by atoms with van der Waals surface area (Å²) in [5.41, 5.74) is 0.293. The summed E-state index contributed by atoms with van der Waals surface area (Å²) in [6.45, 7) is 4.85. The number of likely N-dealkylation sites (tertiary alicyclic amines) is 1. The summed E-state index contributed by atoms with van der Waals surface area (Å²) in [5, 5.41) is 0. The fourth-order valence-electron chi connectivity index (χ4n) is 3.27. The molecule has 0 atom stereocenters. The molecule has 9 nitrogen and oxygen atoms in total. The normalized spacial score (nSPS) is 15.0. The van der Waals surface area contributed by atoms with Gasteiger partial charge in [0.1, 0.15) is 0 Å². The van der Waals surface area contributed by atoms with Crippen LogP contribution in [0.1, 0.15) is 37.0 Å². The third kappa shape index (κ3) is 6.02. The lowest BCUT2D eigenvalue weighted by Gasteiger charge is -2.32. The molecule has 0 aromatic heterocycles. The van der Waals surface area contributed by atoms with Gasteiger partial charge in [0.2, 0.25) is 15.9 Å². The second kappa shape index (κ2) is 10.5. The Labute approximate surface area is 177 Å². The van der Waals surface area contributed by atoms with E-state index in [0.717, 1.165) is 0 Å². The van der Waals surface area contributed by atoms with Gasteiger partial charge in [0.05, 0.1) is 24.0 Å². The third-order valence-corrected chi connectivity index (χ3v) is 6.49. The van der Waals surface area contributed by atoms with Gasteiger partial charge in [-0.15, -0.1) is 0 Å². The minimum absolute atomic E-state index is 0.0732. The second-order valence-electron chi connectivity index (χ2n) is 7.09. The number of piperidine rings is 1. The van der Waals surface area contributed by atoms with Crippen LogP contribution in [0.3, 0.4) is 0 Å². The SMILES string of the molecule is CCNS(=O)(=O)c1ccc(C(=O)N(C)CC(=O)N2CCC(C(=O)OCC)CC2)cc1. The molecular formula is C20H29N3O6S. The highest BCUT2D eigenvalue weighted by Gasteiger charge is 2.29. The Balaban J connectivity index is 1.91. The molecule has 1 aromatic carbocycles. The first-order valence-corrected chi connectivity index (χ1v) is 11.5. The van der Waals surface area contributed by atoms with Crippen LogP contribution in [0.25, 0.3) is 0 Å². The number of nitrogens with one attached hydrogen (secondary N) is 1. The van der Waals surface area contributed by atoms with E-state index in [1.807, 2.05) is 0 Å². The van der Waals surface area contributed by atoms with Crippen molar-refractivity contribution in [2.45, 2.75) is 31.6 Å². The predicted octanol–water partition coefficient (Wildman–Crippen LogP) is 0.859. The van der Waals surface area contributed by atoms with Gasteiger partial charge in [0.15, 0.2) is 0 Å². The molecule has 1 aromatic rings. The molecule has 1 fully saturated rings. The van der Waals surface area contributed by atoms with Crippen molar-refractivity contribution >= 4 is 27.8 Å². The van der Waals surface area contributed by atoms with Crippen LogP contribution in [0.4, 0.5) is 0 Å². The van der Waals surface area contributed by atoms with Crippen molar-refractivity contribution in [2.24, 2.45) is 5.92 Å². The van der Waals surface area contributed by atoms with Crippen LogP contribution in [0, 0.1) is 5.92 Å². The molecule has 1 saturated heterocycles. The molecular weight excluding hydrogens is 410 g/mol. The van der Waals surface area contributed by atoms with Crippen molar-refractivity contribution in [3.8, 4) is 0 Å². The topological polar surface area (TPSA) is 113 Å². The molecule has 0 saturated carbocycles. The zero-order valence-electron chi connectivity index (χ0n) is 17.6. The highest BCUT2D eigenvalue weighted by molar-refractivity contribution is 7.89. The molecule has 0 unspecified atom stereocenters. The first kappa shape index (κ1) is 23.8. The number of nitrogens with zero attached hydrogens (tertiary/aromatic N) is 2. The molecule has 1 N–H and O–H groups in total. The third-order valence-electron chi connectivity index (χ3n) is 4.93. The molecule has 2 amide bonds. The Bertz CT molecular complexity index is 861. The molecule has 2 rings (SSSR count). The highest BCUT2D eigenvalue weighted by Crippen LogP contribution is 2.19. The Morgan fingerprint density at radius 2 is 1.73 bits per heavy atom. The number of carbonyl (C=O) groups excluding carboxylic acids is 3. The monoisotopic (exact) mass is 439 g/mol. The number of rotatable bonds is 8. The van der Waals surface area contributed by atoms with Gasteiger partial charge >= 0.3 is 5.97 Å². The maximum atomic E-state index is 12.6. The number of ether oxygens (including phenoxy) is 1. The van der Waals surface area contributed by atoms with Crippen molar-refractivity contribution in [1.82, 2.24) is 14.5 Å². The molecule has 0 radical (unpaired) electrons. The molecule has 0 bridgehead atoms. The van der Waals surface area contributed by atoms with Gasteiger partial charge in [-0.3, -0.25) is 14.4 Å². The quantitative estimate of drug-likeness (QED) is 0.601. The molecule has 1 aliphatic heterocycles. The van der Waals surface area contributed by atoms with Crippen molar-refractivity contribution in [1.29, 1.82) is 0 Å². The van der Waals surface area contributed by atoms with Gasteiger partial charge in [0, 0.05) is 32.2 Å². The van der Waals surface area contributed by atoms with Gasteiger partial charge in [-0.25, -0.2) is 13.1 Å². The number of carbonyl (C=O) groups is 3. The molecule has 10 heteroatoms. The number of hydrogen-bond donors (Lipinski definition) is 1. The van der Waals surface area contributed by atoms with Gasteiger partial charge < -0.3 is 14.5 Å². The largest absolute Gasteiger partial charge is 0.466 e. The summed E-state index contributed by atoms with van der Waals surface area (Å²) in [7, 11) is -2.07. The molecule has 1 heterocycles. The smallest absolute Gasteiger partial charge is 0.309 e. The van der Waals surface area contributed by atoms with Crippen LogP contribution >= 0.6 is 0 Å². The number of amides is 2. The summed E-state index contributed by atoms with van der Waals surface area (Å²) in [5.74, 6) is -0.987. The molecule has 30 heavy (non-hydrogen) atoms. The van der Waals surface area contributed by atoms with Gasteiger partial charge in [0.25, 0.3) is 5.91 Å². The Morgan fingerprint density at radius 1 is 1.13 bits per heavy atom. The van der Waals surface area contributed by atoms with E-state index in [1.165, 1.54) is 36.2 Å². The highest BCUT2D eigenvalue weighted by atomic mass is 32.2. The summed E-state index contributed by atoms with van der Waals surface area (Å²) in [6.07, 6.45) is 1.09. The zero-order valence-corrected chi connectivity index (χ0v) is 18.4. The van der Waals surface area contributed by atoms with E-state index in [-0.39, 0.29) is 41.7 Å². The van der Waals surface area contributed by atoms with Crippen LogP contribution in [0.2, 0.25) is 0 Å². The van der Waals surface area contributed by atoms with Gasteiger partial charge in [-0.1, -0.05) is 6.92 Å². The van der Waals surface area contributed by atoms with Crippen LogP contribution in [-0.2, 0) is 24.3 Å². The van der Waals surface area contributed by atoms with Crippen LogP contribution in [-0.4, -0.2) is 75.8 Å². The number of benzene rings is 1. The second-order valence-corrected chi connectivity index (χ2v) is 8.86. The Hall–Kier alpha value is -2.46. The van der Waals surface area contributed by atoms with E-state index in [4.69, 9.17) is 4.74 Å². The molecule has 166 valence electrons. The number of sulfonamides is 1. The zero-order chi connectivity index (χ0) is 22.3. The van der Waals surface area contributed by atoms with E-state index < -0.39 is 10.0 Å². The summed E-state index contributed by atoms with van der Waals surface area (Å²) in [6, 6.07) is 5.58. The van der Waals surface area contributed by atoms with E-state index in [0.29, 0.717) is 38.1 Å². The standard InChI is InChI=1S/C20H29N3O6S/c1-4-21-30(27,28)17-8-6-15(7-9-17)19(25)22(3)14-18(24)23-12-10-16(11-13-23)20(26)29-5-2/h6-9,16,21H,4-5,10-14H2,1-3H3. The lowest BCUT2D eigenvalue weighted by Crippen LogP contribution is -2.45. The molecule has 0 aliphatic carbocycles. The van der Waals surface area contributed by atoms with Gasteiger partial charge in [-0.05, 0) is 44.0 Å². The van der Waals surface area contributed by atoms with Crippen molar-refractivity contribution in [3.05, 3.63) is 29.8 Å². The van der Waals surface area contributed by atoms with Gasteiger partial charge in [-0.2, -0.15) is 0 Å². The average molecular weight is 440 g/mol. The lowest BCUT2D eigenvalue weighted by molar-refractivity contribution is -0.151. The average Bonchev–Trinajstić information content (AvgIpc) is 2.73. The minimum atomic E-state index is -3.59. The summed E-state index contributed by atoms with van der Waals surface area (Å²) >= 11 is 0. The molecule has 1 aliphatic rings. The maximum absolute atomic E-state index is 12.6. The fraction of sp³-hybridized carbons (Fsp3) is 0.550. The predicted molar refractivity (Wildman–Crippen MR) is 110 cm³/mol. The Morgan fingerprint density at radius 3 is 2.27 bits per heavy atom. The van der Waals surface area contributed by atoms with Crippen LogP contribution in [0.15, 0.2) is 29.2 Å². The van der Waals surface area contributed by atoms with E-state index >= 15 is 0 Å². The Kier molecular flexibility index (Phi) is 8.36. The van der Waals surface area contributed by atoms with Crippen LogP contribution in [0.5, 0.6) is 0 Å². The van der Waals surface area contributed by atoms with E-state index in [9.17, 15) is 22.8 Å². The number of esters is 1. The fourth-order valence-corrected chi connectivity index (χ4v) is 4.31. The first-order chi connectivity index (χ1) is 14.2. The van der Waals surface area contributed by atoms with Crippen molar-refractivity contribution in [2.75, 3.05) is 39.8 Å². The first-order valence-electron chi connectivity index (χ1n) is 9.99.